The zero-order valence-corrected chi connectivity index (χ0v) is 16.5. The molecule has 10 heteroatoms. The van der Waals surface area contributed by atoms with Gasteiger partial charge in [-0.1, -0.05) is 6.07 Å². The molecule has 2 aromatic rings. The van der Waals surface area contributed by atoms with Gasteiger partial charge in [-0.05, 0) is 24.3 Å². The molecule has 1 aromatic carbocycles. The van der Waals surface area contributed by atoms with Gasteiger partial charge in [0.15, 0.2) is 11.6 Å². The van der Waals surface area contributed by atoms with Crippen LogP contribution in [0.2, 0.25) is 0 Å². The number of benzene rings is 1. The van der Waals surface area contributed by atoms with Crippen LogP contribution in [0, 0.1) is 23.1 Å². The Kier molecular flexibility index (Phi) is 5.39. The number of nitrogens with zero attached hydrogens (tertiary/aromatic N) is 3. The summed E-state index contributed by atoms with van der Waals surface area (Å²) in [6.07, 6.45) is 1.47. The summed E-state index contributed by atoms with van der Waals surface area (Å²) in [5.74, 6) is -0.218. The third-order valence-electron chi connectivity index (χ3n) is 5.34. The zero-order valence-electron chi connectivity index (χ0n) is 16.5. The van der Waals surface area contributed by atoms with Crippen molar-refractivity contribution in [1.29, 1.82) is 5.26 Å². The van der Waals surface area contributed by atoms with Crippen LogP contribution in [0.5, 0.6) is 5.75 Å². The highest BCUT2D eigenvalue weighted by Gasteiger charge is 2.48. The van der Waals surface area contributed by atoms with E-state index in [1.807, 2.05) is 6.07 Å². The molecule has 2 fully saturated rings. The van der Waals surface area contributed by atoms with Gasteiger partial charge in [0.25, 0.3) is 0 Å². The first kappa shape index (κ1) is 19.9. The fourth-order valence-corrected chi connectivity index (χ4v) is 3.95. The summed E-state index contributed by atoms with van der Waals surface area (Å²) < 4.78 is 19.3. The molecule has 0 bridgehead atoms. The van der Waals surface area contributed by atoms with Crippen molar-refractivity contribution in [2.75, 3.05) is 24.8 Å². The van der Waals surface area contributed by atoms with Crippen LogP contribution >= 0.6 is 0 Å². The van der Waals surface area contributed by atoms with E-state index in [1.54, 1.807) is 31.3 Å². The predicted octanol–water partition coefficient (Wildman–Crippen LogP) is 1.23. The summed E-state index contributed by atoms with van der Waals surface area (Å²) in [4.78, 5) is 17.0. The van der Waals surface area contributed by atoms with Crippen molar-refractivity contribution in [2.24, 2.45) is 5.92 Å². The lowest BCUT2D eigenvalue weighted by molar-refractivity contribution is -0.131. The minimum Gasteiger partial charge on any atom is -0.492 e. The van der Waals surface area contributed by atoms with E-state index in [-0.39, 0.29) is 30.0 Å². The van der Waals surface area contributed by atoms with Crippen LogP contribution in [0.3, 0.4) is 0 Å². The van der Waals surface area contributed by atoms with Gasteiger partial charge in [0.1, 0.15) is 11.9 Å². The molecule has 9 nitrogen and oxygen atoms in total. The fourth-order valence-electron chi connectivity index (χ4n) is 3.95. The number of hydrazine groups is 1. The largest absolute Gasteiger partial charge is 0.492 e. The minimum absolute atomic E-state index is 0.0599. The van der Waals surface area contributed by atoms with E-state index in [2.05, 4.69) is 26.4 Å². The Bertz CT molecular complexity index is 978. The number of carbonyl (C=O) groups is 1. The van der Waals surface area contributed by atoms with Crippen molar-refractivity contribution >= 4 is 17.4 Å². The molecular weight excluding hydrogens is 389 g/mol. The summed E-state index contributed by atoms with van der Waals surface area (Å²) in [6, 6.07) is 9.78. The molecule has 3 heterocycles. The molecule has 0 saturated carbocycles. The van der Waals surface area contributed by atoms with E-state index >= 15 is 0 Å². The van der Waals surface area contributed by atoms with Gasteiger partial charge in [0, 0.05) is 25.7 Å². The van der Waals surface area contributed by atoms with Crippen LogP contribution in [-0.2, 0) is 4.79 Å². The van der Waals surface area contributed by atoms with E-state index in [0.717, 1.165) is 0 Å². The maximum Gasteiger partial charge on any atom is 0.244 e. The van der Waals surface area contributed by atoms with E-state index in [1.165, 1.54) is 24.4 Å². The highest BCUT2D eigenvalue weighted by Crippen LogP contribution is 2.33. The number of aromatic nitrogens is 1. The first-order valence-corrected chi connectivity index (χ1v) is 9.51. The topological polar surface area (TPSA) is 114 Å². The number of piperidine rings is 1. The highest BCUT2D eigenvalue weighted by molar-refractivity contribution is 5.82. The smallest absolute Gasteiger partial charge is 0.244 e. The summed E-state index contributed by atoms with van der Waals surface area (Å²) in [6.45, 7) is 0. The number of nitrogens with one attached hydrogen (secondary N) is 4. The standard InChI is InChI=1S/C20H22FN7O2/c1-28-20(29)17-14(24-13-5-3-4-12(21)18(13)30-2)8-16(26-19(17)27-28)25-15-7-6-11(9-22)10-23-15/h3-7,10,14,16-17,19,24,26-27H,8H2,1-2H3,(H,23,25). The van der Waals surface area contributed by atoms with Crippen molar-refractivity contribution in [2.45, 2.75) is 24.8 Å². The first-order valence-electron chi connectivity index (χ1n) is 9.51. The molecule has 1 amide bonds. The molecule has 2 aliphatic heterocycles. The summed E-state index contributed by atoms with van der Waals surface area (Å²) in [5.41, 5.74) is 4.08. The summed E-state index contributed by atoms with van der Waals surface area (Å²) in [7, 11) is 3.08. The Morgan fingerprint density at radius 1 is 1.33 bits per heavy atom. The van der Waals surface area contributed by atoms with Crippen molar-refractivity contribution < 1.29 is 13.9 Å². The van der Waals surface area contributed by atoms with E-state index in [0.29, 0.717) is 23.5 Å². The quantitative estimate of drug-likeness (QED) is 0.581. The molecule has 4 rings (SSSR count). The van der Waals surface area contributed by atoms with Gasteiger partial charge in [-0.15, -0.1) is 0 Å². The normalized spacial score (nSPS) is 25.4. The van der Waals surface area contributed by atoms with Gasteiger partial charge in [-0.3, -0.25) is 15.1 Å². The van der Waals surface area contributed by atoms with Gasteiger partial charge >= 0.3 is 0 Å². The molecule has 2 aliphatic rings. The van der Waals surface area contributed by atoms with Crippen molar-refractivity contribution in [3.63, 3.8) is 0 Å². The average Bonchev–Trinajstić information content (AvgIpc) is 3.02. The zero-order chi connectivity index (χ0) is 21.3. The van der Waals surface area contributed by atoms with E-state index in [9.17, 15) is 9.18 Å². The van der Waals surface area contributed by atoms with E-state index in [4.69, 9.17) is 10.00 Å². The molecule has 4 atom stereocenters. The Morgan fingerprint density at radius 3 is 2.87 bits per heavy atom. The monoisotopic (exact) mass is 411 g/mol. The van der Waals surface area contributed by atoms with Crippen LogP contribution in [0.15, 0.2) is 36.5 Å². The second-order valence-electron chi connectivity index (χ2n) is 7.24. The van der Waals surface area contributed by atoms with Crippen LogP contribution in [0.1, 0.15) is 12.0 Å². The number of hydrogen-bond acceptors (Lipinski definition) is 8. The number of amides is 1. The Hall–Kier alpha value is -3.42. The van der Waals surface area contributed by atoms with Gasteiger partial charge in [-0.2, -0.15) is 5.26 Å². The maximum atomic E-state index is 14.1. The van der Waals surface area contributed by atoms with Gasteiger partial charge < -0.3 is 15.4 Å². The molecule has 0 spiro atoms. The molecule has 1 aromatic heterocycles. The van der Waals surface area contributed by atoms with Gasteiger partial charge in [0.05, 0.1) is 36.6 Å². The SMILES string of the molecule is COc1c(F)cccc1NC1CC(Nc2ccc(C#N)cn2)NC2NN(C)C(=O)C12. The average molecular weight is 411 g/mol. The van der Waals surface area contributed by atoms with Crippen molar-refractivity contribution in [1.82, 2.24) is 20.7 Å². The number of rotatable bonds is 5. The Balaban J connectivity index is 1.57. The lowest BCUT2D eigenvalue weighted by Gasteiger charge is -2.39. The molecule has 30 heavy (non-hydrogen) atoms. The van der Waals surface area contributed by atoms with Crippen LogP contribution < -0.4 is 26.1 Å². The number of nitriles is 1. The van der Waals surface area contributed by atoms with Crippen LogP contribution in [-0.4, -0.2) is 48.4 Å². The third-order valence-corrected chi connectivity index (χ3v) is 5.34. The maximum absolute atomic E-state index is 14.1. The van der Waals surface area contributed by atoms with E-state index < -0.39 is 11.7 Å². The Labute approximate surface area is 173 Å². The van der Waals surface area contributed by atoms with Crippen LogP contribution in [0.4, 0.5) is 15.9 Å². The molecular formula is C20H22FN7O2. The molecule has 2 saturated heterocycles. The third kappa shape index (κ3) is 3.72. The number of ether oxygens (including phenoxy) is 1. The molecule has 0 radical (unpaired) electrons. The van der Waals surface area contributed by atoms with Gasteiger partial charge in [0.2, 0.25) is 5.91 Å². The lowest BCUT2D eigenvalue weighted by Crippen LogP contribution is -2.60. The Morgan fingerprint density at radius 2 is 2.17 bits per heavy atom. The second-order valence-corrected chi connectivity index (χ2v) is 7.24. The molecule has 4 unspecified atom stereocenters. The molecule has 0 aliphatic carbocycles. The molecule has 156 valence electrons. The predicted molar refractivity (Wildman–Crippen MR) is 108 cm³/mol. The number of methoxy groups -OCH3 is 1. The highest BCUT2D eigenvalue weighted by atomic mass is 19.1. The number of anilines is 2. The second kappa shape index (κ2) is 8.14. The number of hydrogen-bond donors (Lipinski definition) is 4. The van der Waals surface area contributed by atoms with Crippen LogP contribution in [0.25, 0.3) is 0 Å². The number of para-hydroxylation sites is 1. The number of fused-ring (bicyclic) bond motifs is 1. The number of pyridine rings is 1. The minimum atomic E-state index is -0.475. The summed E-state index contributed by atoms with van der Waals surface area (Å²) >= 11 is 0. The summed E-state index contributed by atoms with van der Waals surface area (Å²) in [5, 5.41) is 20.3. The molecule has 4 N–H and O–H groups in total. The van der Waals surface area contributed by atoms with Gasteiger partial charge in [-0.25, -0.2) is 14.8 Å². The van der Waals surface area contributed by atoms with Crippen molar-refractivity contribution in [3.8, 4) is 11.8 Å². The number of carbonyl (C=O) groups excluding carboxylic acids is 1. The van der Waals surface area contributed by atoms with Crippen molar-refractivity contribution in [3.05, 3.63) is 47.9 Å². The first-order chi connectivity index (χ1) is 14.5. The lowest BCUT2D eigenvalue weighted by atomic mass is 9.88. The number of halogens is 1. The fraction of sp³-hybridized carbons (Fsp3) is 0.350.